The Kier molecular flexibility index (Phi) is 7.76. The Bertz CT molecular complexity index is 685. The van der Waals surface area contributed by atoms with Gasteiger partial charge in [0, 0.05) is 48.7 Å². The number of hydrogen-bond donors (Lipinski definition) is 2. The minimum atomic E-state index is 0. The zero-order valence-corrected chi connectivity index (χ0v) is 18.9. The minimum absolute atomic E-state index is 0. The smallest absolute Gasteiger partial charge is 0.191 e. The molecule has 0 saturated carbocycles. The third-order valence-electron chi connectivity index (χ3n) is 4.76. The van der Waals surface area contributed by atoms with Crippen LogP contribution in [0.25, 0.3) is 0 Å². The fourth-order valence-corrected chi connectivity index (χ4v) is 4.05. The Hall–Kier alpha value is -1.28. The lowest BCUT2D eigenvalue weighted by molar-refractivity contribution is 0.514. The topological polar surface area (TPSA) is 39.7 Å². The minimum Gasteiger partial charge on any atom is -0.369 e. The van der Waals surface area contributed by atoms with Gasteiger partial charge in [0.05, 0.1) is 0 Å². The molecule has 1 aromatic carbocycles. The molecule has 4 nitrogen and oxygen atoms in total. The Labute approximate surface area is 178 Å². The molecule has 1 fully saturated rings. The number of nitrogens with zero attached hydrogens (tertiary/aromatic N) is 2. The Morgan fingerprint density at radius 3 is 2.65 bits per heavy atom. The first-order chi connectivity index (χ1) is 12.1. The summed E-state index contributed by atoms with van der Waals surface area (Å²) in [5.41, 5.74) is 1.39. The lowest BCUT2D eigenvalue weighted by atomic mass is 9.91. The fraction of sp³-hybridized carbons (Fsp3) is 0.450. The second-order valence-corrected chi connectivity index (χ2v) is 8.15. The molecule has 3 rings (SSSR count). The number of guanidine groups is 1. The van der Waals surface area contributed by atoms with E-state index < -0.39 is 0 Å². The van der Waals surface area contributed by atoms with E-state index in [4.69, 9.17) is 0 Å². The number of halogens is 1. The third kappa shape index (κ3) is 5.36. The molecule has 0 aliphatic carbocycles. The number of aliphatic imine (C=N–C) groups is 1. The summed E-state index contributed by atoms with van der Waals surface area (Å²) in [5, 5.41) is 9.23. The second-order valence-electron chi connectivity index (χ2n) is 7.20. The first-order valence-corrected chi connectivity index (χ1v) is 9.77. The van der Waals surface area contributed by atoms with E-state index in [1.54, 1.807) is 0 Å². The molecule has 2 N–H and O–H groups in total. The van der Waals surface area contributed by atoms with E-state index in [1.165, 1.54) is 10.6 Å². The van der Waals surface area contributed by atoms with Crippen molar-refractivity contribution in [2.75, 3.05) is 31.6 Å². The van der Waals surface area contributed by atoms with Gasteiger partial charge in [0.2, 0.25) is 0 Å². The maximum Gasteiger partial charge on any atom is 0.191 e. The lowest BCUT2D eigenvalue weighted by Gasteiger charge is -2.26. The van der Waals surface area contributed by atoms with Gasteiger partial charge < -0.3 is 15.5 Å². The number of benzene rings is 1. The third-order valence-corrected chi connectivity index (χ3v) is 6.00. The van der Waals surface area contributed by atoms with E-state index in [0.717, 1.165) is 32.0 Å². The molecule has 0 bridgehead atoms. The van der Waals surface area contributed by atoms with Crippen LogP contribution in [0, 0.1) is 0 Å². The van der Waals surface area contributed by atoms with Crippen LogP contribution in [-0.4, -0.2) is 38.7 Å². The van der Waals surface area contributed by atoms with Crippen LogP contribution >= 0.6 is 35.3 Å². The highest BCUT2D eigenvalue weighted by Crippen LogP contribution is 2.26. The summed E-state index contributed by atoms with van der Waals surface area (Å²) in [6.07, 6.45) is 1.13. The molecule has 1 atom stereocenters. The summed E-state index contributed by atoms with van der Waals surface area (Å²) in [6, 6.07) is 15.4. The van der Waals surface area contributed by atoms with Gasteiger partial charge in [-0.25, -0.2) is 0 Å². The van der Waals surface area contributed by atoms with Crippen LogP contribution in [0.1, 0.15) is 25.1 Å². The van der Waals surface area contributed by atoms with Crippen molar-refractivity contribution in [3.63, 3.8) is 0 Å². The molecule has 0 amide bonds. The van der Waals surface area contributed by atoms with Crippen molar-refractivity contribution in [2.24, 2.45) is 4.99 Å². The van der Waals surface area contributed by atoms with Gasteiger partial charge in [-0.15, -0.1) is 35.3 Å². The molecule has 1 aliphatic heterocycles. The SMILES string of the molecule is CN=C(NCC(C)(C)c1cccs1)NC1CCN(c2ccccc2)C1.I. The monoisotopic (exact) mass is 484 g/mol. The first-order valence-electron chi connectivity index (χ1n) is 8.90. The molecule has 1 aromatic heterocycles. The molecule has 0 spiro atoms. The van der Waals surface area contributed by atoms with Crippen molar-refractivity contribution in [3.05, 3.63) is 52.7 Å². The standard InChI is InChI=1S/C20H28N4S.HI/c1-20(2,18-10-7-13-25-18)15-22-19(21-3)23-16-11-12-24(14-16)17-8-5-4-6-9-17;/h4-10,13,16H,11-12,14-15H2,1-3H3,(H2,21,22,23);1H. The van der Waals surface area contributed by atoms with Gasteiger partial charge in [0.15, 0.2) is 5.96 Å². The fourth-order valence-electron chi connectivity index (χ4n) is 3.19. The van der Waals surface area contributed by atoms with Gasteiger partial charge in [-0.1, -0.05) is 38.1 Å². The van der Waals surface area contributed by atoms with Crippen molar-refractivity contribution in [1.82, 2.24) is 10.6 Å². The Morgan fingerprint density at radius 1 is 1.23 bits per heavy atom. The summed E-state index contributed by atoms with van der Waals surface area (Å²) in [6.45, 7) is 7.50. The van der Waals surface area contributed by atoms with E-state index in [9.17, 15) is 0 Å². The van der Waals surface area contributed by atoms with Crippen LogP contribution in [0.15, 0.2) is 52.8 Å². The molecule has 6 heteroatoms. The zero-order chi connectivity index (χ0) is 17.7. The Balaban J connectivity index is 0.00000243. The molecule has 26 heavy (non-hydrogen) atoms. The van der Waals surface area contributed by atoms with Crippen LogP contribution < -0.4 is 15.5 Å². The molecule has 1 saturated heterocycles. The lowest BCUT2D eigenvalue weighted by Crippen LogP contribution is -2.47. The van der Waals surface area contributed by atoms with Crippen LogP contribution in [0.2, 0.25) is 0 Å². The van der Waals surface area contributed by atoms with E-state index in [1.807, 2.05) is 18.4 Å². The van der Waals surface area contributed by atoms with Crippen LogP contribution in [0.5, 0.6) is 0 Å². The van der Waals surface area contributed by atoms with Crippen LogP contribution in [0.4, 0.5) is 5.69 Å². The van der Waals surface area contributed by atoms with Gasteiger partial charge in [-0.3, -0.25) is 4.99 Å². The molecular formula is C20H29IN4S. The summed E-state index contributed by atoms with van der Waals surface area (Å²) < 4.78 is 0. The van der Waals surface area contributed by atoms with E-state index >= 15 is 0 Å². The number of nitrogens with one attached hydrogen (secondary N) is 2. The van der Waals surface area contributed by atoms with Gasteiger partial charge >= 0.3 is 0 Å². The van der Waals surface area contributed by atoms with E-state index in [0.29, 0.717) is 6.04 Å². The molecule has 1 aliphatic rings. The maximum atomic E-state index is 4.41. The van der Waals surface area contributed by atoms with Gasteiger partial charge in [-0.2, -0.15) is 0 Å². The van der Waals surface area contributed by atoms with Gasteiger partial charge in [0.1, 0.15) is 0 Å². The van der Waals surface area contributed by atoms with Crippen LogP contribution in [-0.2, 0) is 5.41 Å². The number of hydrogen-bond acceptors (Lipinski definition) is 3. The number of anilines is 1. The van der Waals surface area contributed by atoms with Gasteiger partial charge in [0.25, 0.3) is 0 Å². The molecule has 2 aromatic rings. The van der Waals surface area contributed by atoms with Gasteiger partial charge in [-0.05, 0) is 30.0 Å². The largest absolute Gasteiger partial charge is 0.369 e. The Morgan fingerprint density at radius 2 is 2.00 bits per heavy atom. The summed E-state index contributed by atoms with van der Waals surface area (Å²) in [7, 11) is 1.84. The van der Waals surface area contributed by atoms with E-state index in [2.05, 4.69) is 82.2 Å². The summed E-state index contributed by atoms with van der Waals surface area (Å²) in [4.78, 5) is 8.24. The zero-order valence-electron chi connectivity index (χ0n) is 15.7. The van der Waals surface area contributed by atoms with Crippen molar-refractivity contribution in [3.8, 4) is 0 Å². The average molecular weight is 484 g/mol. The first kappa shape index (κ1) is 21.0. The highest BCUT2D eigenvalue weighted by molar-refractivity contribution is 14.0. The number of para-hydroxylation sites is 1. The van der Waals surface area contributed by atoms with Crippen molar-refractivity contribution < 1.29 is 0 Å². The molecule has 1 unspecified atom stereocenters. The molecule has 0 radical (unpaired) electrons. The molecule has 2 heterocycles. The summed E-state index contributed by atoms with van der Waals surface area (Å²) >= 11 is 1.81. The molecule has 142 valence electrons. The highest BCUT2D eigenvalue weighted by Gasteiger charge is 2.25. The predicted molar refractivity (Wildman–Crippen MR) is 124 cm³/mol. The normalized spacial score (nSPS) is 17.7. The van der Waals surface area contributed by atoms with Crippen molar-refractivity contribution in [2.45, 2.75) is 31.7 Å². The van der Waals surface area contributed by atoms with Crippen LogP contribution in [0.3, 0.4) is 0 Å². The highest BCUT2D eigenvalue weighted by atomic mass is 127. The quantitative estimate of drug-likeness (QED) is 0.382. The average Bonchev–Trinajstić information content (AvgIpc) is 3.31. The van der Waals surface area contributed by atoms with E-state index in [-0.39, 0.29) is 29.4 Å². The second kappa shape index (κ2) is 9.60. The van der Waals surface area contributed by atoms with Crippen molar-refractivity contribution >= 4 is 47.0 Å². The number of rotatable bonds is 5. The summed E-state index contributed by atoms with van der Waals surface area (Å²) in [5.74, 6) is 0.893. The maximum absolute atomic E-state index is 4.41. The predicted octanol–water partition coefficient (Wildman–Crippen LogP) is 4.09. The molecular weight excluding hydrogens is 455 g/mol. The van der Waals surface area contributed by atoms with Crippen molar-refractivity contribution in [1.29, 1.82) is 0 Å². The number of thiophene rings is 1.